The molecule has 1 aromatic carbocycles. The molecular weight excluding hydrogens is 475 g/mol. The third-order valence-corrected chi connectivity index (χ3v) is 4.71. The number of rotatable bonds is 8. The number of hydrogen-bond acceptors (Lipinski definition) is 5. The van der Waals surface area contributed by atoms with Gasteiger partial charge in [0, 0.05) is 25.5 Å². The molecule has 0 spiro atoms. The molecule has 6 nitrogen and oxygen atoms in total. The summed E-state index contributed by atoms with van der Waals surface area (Å²) in [6.07, 6.45) is 0.777. The first-order valence-corrected chi connectivity index (χ1v) is 9.56. The lowest BCUT2D eigenvalue weighted by Gasteiger charge is -2.21. The van der Waals surface area contributed by atoms with Crippen molar-refractivity contribution in [1.29, 1.82) is 0 Å². The molecule has 1 N–H and O–H groups in total. The minimum Gasteiger partial charge on any atom is -0.497 e. The maximum Gasteiger partial charge on any atom is 0.194 e. The second-order valence-corrected chi connectivity index (χ2v) is 6.94. The van der Waals surface area contributed by atoms with Gasteiger partial charge in [0.15, 0.2) is 5.96 Å². The van der Waals surface area contributed by atoms with Crippen LogP contribution in [0.1, 0.15) is 23.2 Å². The molecule has 0 aliphatic rings. The molecule has 0 bridgehead atoms. The Hall–Kier alpha value is -1.55. The van der Waals surface area contributed by atoms with Crippen LogP contribution in [-0.2, 0) is 13.0 Å². The number of aliphatic imine (C=N–C) groups is 1. The molecule has 0 saturated heterocycles. The summed E-state index contributed by atoms with van der Waals surface area (Å²) >= 11 is 1.67. The number of ether oxygens (including phenoxy) is 2. The van der Waals surface area contributed by atoms with Gasteiger partial charge in [0.05, 0.1) is 31.5 Å². The Morgan fingerprint density at radius 1 is 1.30 bits per heavy atom. The fraction of sp³-hybridized carbons (Fsp3) is 0.474. The lowest BCUT2D eigenvalue weighted by Crippen LogP contribution is -2.38. The summed E-state index contributed by atoms with van der Waals surface area (Å²) < 4.78 is 10.8. The van der Waals surface area contributed by atoms with Crippen LogP contribution < -0.4 is 14.8 Å². The quantitative estimate of drug-likeness (QED) is 0.338. The summed E-state index contributed by atoms with van der Waals surface area (Å²) in [5.41, 5.74) is 2.15. The van der Waals surface area contributed by atoms with E-state index in [-0.39, 0.29) is 24.0 Å². The van der Waals surface area contributed by atoms with E-state index in [1.165, 1.54) is 0 Å². The molecule has 2 rings (SSSR count). The van der Waals surface area contributed by atoms with Crippen molar-refractivity contribution in [2.24, 2.45) is 4.99 Å². The maximum atomic E-state index is 5.44. The van der Waals surface area contributed by atoms with Gasteiger partial charge in [-0.3, -0.25) is 4.99 Å². The number of guanidine groups is 1. The Bertz CT molecular complexity index is 736. The van der Waals surface area contributed by atoms with Gasteiger partial charge in [0.25, 0.3) is 0 Å². The molecule has 1 aromatic heterocycles. The number of halogens is 1. The molecule has 0 saturated carbocycles. The average molecular weight is 504 g/mol. The van der Waals surface area contributed by atoms with Crippen molar-refractivity contribution >= 4 is 41.3 Å². The van der Waals surface area contributed by atoms with E-state index in [1.807, 2.05) is 32.2 Å². The second-order valence-electron chi connectivity index (χ2n) is 5.88. The summed E-state index contributed by atoms with van der Waals surface area (Å²) in [5, 5.41) is 6.52. The zero-order valence-corrected chi connectivity index (χ0v) is 19.8. The van der Waals surface area contributed by atoms with Gasteiger partial charge in [-0.05, 0) is 44.0 Å². The Morgan fingerprint density at radius 3 is 2.67 bits per heavy atom. The van der Waals surface area contributed by atoms with Crippen LogP contribution in [0, 0.1) is 6.92 Å². The van der Waals surface area contributed by atoms with Crippen molar-refractivity contribution in [3.63, 3.8) is 0 Å². The third-order valence-electron chi connectivity index (χ3n) is 3.89. The van der Waals surface area contributed by atoms with E-state index in [0.717, 1.165) is 53.2 Å². The molecule has 0 aliphatic heterocycles. The first kappa shape index (κ1) is 23.5. The summed E-state index contributed by atoms with van der Waals surface area (Å²) in [7, 11) is 5.38. The van der Waals surface area contributed by atoms with E-state index in [9.17, 15) is 0 Å². The van der Waals surface area contributed by atoms with Crippen LogP contribution >= 0.6 is 35.3 Å². The van der Waals surface area contributed by atoms with Crippen LogP contribution in [0.15, 0.2) is 28.6 Å². The van der Waals surface area contributed by atoms with E-state index in [0.29, 0.717) is 6.54 Å². The molecule has 8 heteroatoms. The summed E-state index contributed by atoms with van der Waals surface area (Å²) in [6, 6.07) is 5.84. The predicted molar refractivity (Wildman–Crippen MR) is 123 cm³/mol. The first-order chi connectivity index (χ1) is 12.6. The lowest BCUT2D eigenvalue weighted by atomic mass is 10.1. The minimum atomic E-state index is 0. The summed E-state index contributed by atoms with van der Waals surface area (Å²) in [5.74, 6) is 2.56. The number of hydrogen-bond donors (Lipinski definition) is 1. The molecule has 2 aromatic rings. The number of benzene rings is 1. The molecule has 1 heterocycles. The highest BCUT2D eigenvalue weighted by Crippen LogP contribution is 2.24. The predicted octanol–water partition coefficient (Wildman–Crippen LogP) is 3.73. The van der Waals surface area contributed by atoms with Crippen LogP contribution in [0.3, 0.4) is 0 Å². The smallest absolute Gasteiger partial charge is 0.194 e. The van der Waals surface area contributed by atoms with Gasteiger partial charge in [0.1, 0.15) is 11.5 Å². The monoisotopic (exact) mass is 504 g/mol. The Balaban J connectivity index is 0.00000364. The van der Waals surface area contributed by atoms with Gasteiger partial charge in [0.2, 0.25) is 0 Å². The van der Waals surface area contributed by atoms with Crippen LogP contribution in [0.2, 0.25) is 0 Å². The van der Waals surface area contributed by atoms with E-state index in [4.69, 9.17) is 14.5 Å². The number of aromatic nitrogens is 1. The maximum absolute atomic E-state index is 5.44. The summed E-state index contributed by atoms with van der Waals surface area (Å²) in [6.45, 7) is 6.31. The second kappa shape index (κ2) is 12.0. The number of nitrogens with one attached hydrogen (secondary N) is 1. The highest BCUT2D eigenvalue weighted by atomic mass is 127. The van der Waals surface area contributed by atoms with Crippen LogP contribution in [0.5, 0.6) is 11.5 Å². The highest BCUT2D eigenvalue weighted by molar-refractivity contribution is 14.0. The van der Waals surface area contributed by atoms with Gasteiger partial charge in [-0.2, -0.15) is 0 Å². The summed E-state index contributed by atoms with van der Waals surface area (Å²) in [4.78, 5) is 11.4. The Labute approximate surface area is 183 Å². The topological polar surface area (TPSA) is 59.0 Å². The molecule has 0 aliphatic carbocycles. The van der Waals surface area contributed by atoms with Gasteiger partial charge in [-0.15, -0.1) is 35.3 Å². The number of thiazole rings is 1. The van der Waals surface area contributed by atoms with Gasteiger partial charge < -0.3 is 19.7 Å². The van der Waals surface area contributed by atoms with Crippen LogP contribution in [0.25, 0.3) is 0 Å². The normalized spacial score (nSPS) is 10.9. The van der Waals surface area contributed by atoms with E-state index in [2.05, 4.69) is 27.5 Å². The van der Waals surface area contributed by atoms with Gasteiger partial charge in [-0.1, -0.05) is 0 Å². The van der Waals surface area contributed by atoms with E-state index in [1.54, 1.807) is 25.6 Å². The molecule has 0 atom stereocenters. The van der Waals surface area contributed by atoms with Crippen LogP contribution in [0.4, 0.5) is 0 Å². The van der Waals surface area contributed by atoms with Crippen molar-refractivity contribution in [2.45, 2.75) is 26.8 Å². The van der Waals surface area contributed by atoms with Gasteiger partial charge in [-0.25, -0.2) is 4.98 Å². The standard InChI is InChI=1S/C19H28N4O2S.HI/c1-6-20-19(23(3)12-16-13-26-14(2)22-16)21-10-9-15-11-17(24-4)7-8-18(15)25-5;/h7-8,11,13H,6,9-10,12H2,1-5H3,(H,20,21);1H. The van der Waals surface area contributed by atoms with Crippen molar-refractivity contribution in [1.82, 2.24) is 15.2 Å². The Morgan fingerprint density at radius 2 is 2.07 bits per heavy atom. The molecule has 0 amide bonds. The SMILES string of the molecule is CCNC(=NCCc1cc(OC)ccc1OC)N(C)Cc1csc(C)n1.I. The van der Waals surface area contributed by atoms with Crippen LogP contribution in [-0.4, -0.2) is 50.2 Å². The van der Waals surface area contributed by atoms with Crippen molar-refractivity contribution in [3.8, 4) is 11.5 Å². The van der Waals surface area contributed by atoms with Crippen molar-refractivity contribution < 1.29 is 9.47 Å². The largest absolute Gasteiger partial charge is 0.497 e. The lowest BCUT2D eigenvalue weighted by molar-refractivity contribution is 0.398. The number of methoxy groups -OCH3 is 2. The molecule has 150 valence electrons. The highest BCUT2D eigenvalue weighted by Gasteiger charge is 2.09. The van der Waals surface area contributed by atoms with Crippen molar-refractivity contribution in [2.75, 3.05) is 34.4 Å². The molecule has 0 unspecified atom stereocenters. The molecule has 0 fully saturated rings. The fourth-order valence-electron chi connectivity index (χ4n) is 2.63. The third kappa shape index (κ3) is 7.17. The first-order valence-electron chi connectivity index (χ1n) is 8.68. The van der Waals surface area contributed by atoms with E-state index < -0.39 is 0 Å². The van der Waals surface area contributed by atoms with Gasteiger partial charge >= 0.3 is 0 Å². The minimum absolute atomic E-state index is 0. The Kier molecular flexibility index (Phi) is 10.5. The fourth-order valence-corrected chi connectivity index (χ4v) is 3.23. The molecule has 27 heavy (non-hydrogen) atoms. The zero-order chi connectivity index (χ0) is 18.9. The number of nitrogens with zero attached hydrogens (tertiary/aromatic N) is 3. The average Bonchev–Trinajstić information content (AvgIpc) is 3.05. The van der Waals surface area contributed by atoms with Crippen molar-refractivity contribution in [3.05, 3.63) is 39.8 Å². The molecule has 0 radical (unpaired) electrons. The zero-order valence-electron chi connectivity index (χ0n) is 16.6. The molecular formula is C19H29IN4O2S. The number of aryl methyl sites for hydroxylation is 1. The van der Waals surface area contributed by atoms with E-state index >= 15 is 0 Å².